The monoisotopic (exact) mass is 456 g/mol. The van der Waals surface area contributed by atoms with Crippen LogP contribution in [0, 0.1) is 0 Å². The van der Waals surface area contributed by atoms with Crippen LogP contribution >= 0.6 is 24.0 Å². The number of para-hydroxylation sites is 1. The fraction of sp³-hybridized carbons (Fsp3) is 0.562. The Morgan fingerprint density at radius 3 is 2.42 bits per heavy atom. The third-order valence-electron chi connectivity index (χ3n) is 2.93. The van der Waals surface area contributed by atoms with Crippen molar-refractivity contribution in [3.63, 3.8) is 0 Å². The maximum Gasteiger partial charge on any atom is 0.387 e. The molecule has 138 valence electrons. The summed E-state index contributed by atoms with van der Waals surface area (Å²) in [6.45, 7) is 5.29. The molecule has 5 nitrogen and oxygen atoms in total. The van der Waals surface area contributed by atoms with Gasteiger partial charge in [0.1, 0.15) is 5.75 Å². The third-order valence-corrected chi connectivity index (χ3v) is 2.93. The zero-order valence-electron chi connectivity index (χ0n) is 14.5. The van der Waals surface area contributed by atoms with Crippen LogP contribution in [0.3, 0.4) is 0 Å². The molecule has 0 saturated heterocycles. The van der Waals surface area contributed by atoms with Gasteiger partial charge in [-0.3, -0.25) is 4.99 Å². The second-order valence-electron chi connectivity index (χ2n) is 6.02. The molecule has 1 rings (SSSR count). The molecule has 0 aliphatic rings. The summed E-state index contributed by atoms with van der Waals surface area (Å²) in [5.41, 5.74) is 0.702. The van der Waals surface area contributed by atoms with Gasteiger partial charge in [0, 0.05) is 37.8 Å². The molecule has 0 heterocycles. The Hall–Kier alpha value is -1.16. The van der Waals surface area contributed by atoms with Crippen molar-refractivity contribution in [1.29, 1.82) is 0 Å². The van der Waals surface area contributed by atoms with Crippen molar-refractivity contribution in [2.75, 3.05) is 20.1 Å². The second-order valence-corrected chi connectivity index (χ2v) is 6.02. The van der Waals surface area contributed by atoms with Gasteiger partial charge in [0.25, 0.3) is 0 Å². The number of rotatable bonds is 7. The van der Waals surface area contributed by atoms with Crippen LogP contribution in [0.5, 0.6) is 5.75 Å². The van der Waals surface area contributed by atoms with Crippen LogP contribution in [-0.2, 0) is 6.54 Å². The minimum Gasteiger partial charge on any atom is -0.434 e. The number of aliphatic imine (C=N–C) groups is 1. The van der Waals surface area contributed by atoms with Gasteiger partial charge in [0.05, 0.1) is 0 Å². The van der Waals surface area contributed by atoms with Crippen molar-refractivity contribution in [1.82, 2.24) is 16.0 Å². The zero-order chi connectivity index (χ0) is 17.3. The van der Waals surface area contributed by atoms with Crippen LogP contribution in [0.25, 0.3) is 0 Å². The lowest BCUT2D eigenvalue weighted by Crippen LogP contribution is -2.44. The number of hydrogen-bond acceptors (Lipinski definition) is 3. The molecule has 0 amide bonds. The molecule has 0 aromatic heterocycles. The fourth-order valence-electron chi connectivity index (χ4n) is 1.88. The molecule has 0 fully saturated rings. The van der Waals surface area contributed by atoms with Gasteiger partial charge in [-0.05, 0) is 26.8 Å². The van der Waals surface area contributed by atoms with Gasteiger partial charge in [0.2, 0.25) is 0 Å². The Morgan fingerprint density at radius 1 is 1.17 bits per heavy atom. The van der Waals surface area contributed by atoms with E-state index in [1.807, 2.05) is 0 Å². The van der Waals surface area contributed by atoms with E-state index in [1.165, 1.54) is 6.07 Å². The first-order valence-electron chi connectivity index (χ1n) is 7.54. The van der Waals surface area contributed by atoms with E-state index in [0.29, 0.717) is 24.6 Å². The Morgan fingerprint density at radius 2 is 1.83 bits per heavy atom. The number of hydrogen-bond donors (Lipinski definition) is 3. The highest BCUT2D eigenvalue weighted by atomic mass is 127. The van der Waals surface area contributed by atoms with E-state index in [4.69, 9.17) is 0 Å². The predicted octanol–water partition coefficient (Wildman–Crippen LogP) is 2.96. The number of guanidine groups is 1. The first-order chi connectivity index (χ1) is 10.8. The van der Waals surface area contributed by atoms with Crippen LogP contribution < -0.4 is 20.7 Å². The highest BCUT2D eigenvalue weighted by molar-refractivity contribution is 14.0. The van der Waals surface area contributed by atoms with E-state index in [9.17, 15) is 8.78 Å². The van der Waals surface area contributed by atoms with E-state index in [2.05, 4.69) is 46.5 Å². The van der Waals surface area contributed by atoms with Crippen molar-refractivity contribution in [3.8, 4) is 5.75 Å². The normalized spacial score (nSPS) is 11.9. The van der Waals surface area contributed by atoms with Gasteiger partial charge in [0.15, 0.2) is 5.96 Å². The Labute approximate surface area is 159 Å². The molecule has 1 aromatic carbocycles. The van der Waals surface area contributed by atoms with E-state index in [-0.39, 0.29) is 35.3 Å². The number of nitrogens with zero attached hydrogens (tertiary/aromatic N) is 1. The third kappa shape index (κ3) is 9.86. The van der Waals surface area contributed by atoms with Gasteiger partial charge in [-0.25, -0.2) is 0 Å². The van der Waals surface area contributed by atoms with Gasteiger partial charge in [-0.1, -0.05) is 18.2 Å². The summed E-state index contributed by atoms with van der Waals surface area (Å²) in [5.74, 6) is 0.771. The molecular weight excluding hydrogens is 429 g/mol. The van der Waals surface area contributed by atoms with Crippen LogP contribution in [0.2, 0.25) is 0 Å². The van der Waals surface area contributed by atoms with Crippen LogP contribution in [-0.4, -0.2) is 38.2 Å². The van der Waals surface area contributed by atoms with Crippen molar-refractivity contribution >= 4 is 29.9 Å². The number of nitrogens with one attached hydrogen (secondary N) is 3. The molecular formula is C16H27F2IN4O. The molecule has 8 heteroatoms. The number of ether oxygens (including phenoxy) is 1. The smallest absolute Gasteiger partial charge is 0.387 e. The molecule has 0 radical (unpaired) electrons. The molecule has 0 aliphatic heterocycles. The molecule has 0 spiro atoms. The van der Waals surface area contributed by atoms with Crippen LogP contribution in [0.1, 0.15) is 26.3 Å². The van der Waals surface area contributed by atoms with Crippen molar-refractivity contribution in [3.05, 3.63) is 29.8 Å². The predicted molar refractivity (Wildman–Crippen MR) is 104 cm³/mol. The van der Waals surface area contributed by atoms with Gasteiger partial charge < -0.3 is 20.7 Å². The minimum atomic E-state index is -2.84. The summed E-state index contributed by atoms with van der Waals surface area (Å²) < 4.78 is 29.3. The lowest BCUT2D eigenvalue weighted by molar-refractivity contribution is -0.0504. The quantitative estimate of drug-likeness (QED) is 0.256. The van der Waals surface area contributed by atoms with E-state index in [0.717, 1.165) is 6.54 Å². The van der Waals surface area contributed by atoms with Crippen molar-refractivity contribution in [2.24, 2.45) is 4.99 Å². The summed E-state index contributed by atoms with van der Waals surface area (Å²) >= 11 is 0. The van der Waals surface area contributed by atoms with Crippen LogP contribution in [0.15, 0.2) is 29.3 Å². The molecule has 0 bridgehead atoms. The lowest BCUT2D eigenvalue weighted by atomic mass is 10.1. The SMILES string of the molecule is CN=C(NCCNC(C)(C)C)NCc1ccccc1OC(F)F.I. The maximum absolute atomic E-state index is 12.4. The van der Waals surface area contributed by atoms with Gasteiger partial charge in [-0.15, -0.1) is 24.0 Å². The highest BCUT2D eigenvalue weighted by Gasteiger charge is 2.10. The average Bonchev–Trinajstić information content (AvgIpc) is 2.46. The fourth-order valence-corrected chi connectivity index (χ4v) is 1.88. The molecule has 24 heavy (non-hydrogen) atoms. The van der Waals surface area contributed by atoms with E-state index in [1.54, 1.807) is 25.2 Å². The topological polar surface area (TPSA) is 57.7 Å². The Balaban J connectivity index is 0.00000529. The minimum absolute atomic E-state index is 0. The average molecular weight is 456 g/mol. The standard InChI is InChI=1S/C16H26F2N4O.HI/c1-16(2,3)22-10-9-20-15(19-4)21-11-12-7-5-6-8-13(12)23-14(17)18;/h5-8,14,22H,9-11H2,1-4H3,(H2,19,20,21);1H. The summed E-state index contributed by atoms with van der Waals surface area (Å²) in [5, 5.41) is 9.60. The number of benzene rings is 1. The maximum atomic E-state index is 12.4. The van der Waals surface area contributed by atoms with Gasteiger partial charge >= 0.3 is 6.61 Å². The summed E-state index contributed by atoms with van der Waals surface area (Å²) in [4.78, 5) is 4.11. The second kappa shape index (κ2) is 11.4. The van der Waals surface area contributed by atoms with Crippen molar-refractivity contribution in [2.45, 2.75) is 39.5 Å². The number of halogens is 3. The Kier molecular flexibility index (Phi) is 10.9. The van der Waals surface area contributed by atoms with Gasteiger partial charge in [-0.2, -0.15) is 8.78 Å². The summed E-state index contributed by atoms with van der Waals surface area (Å²) in [6, 6.07) is 6.69. The molecule has 3 N–H and O–H groups in total. The molecule has 0 atom stereocenters. The van der Waals surface area contributed by atoms with E-state index < -0.39 is 6.61 Å². The highest BCUT2D eigenvalue weighted by Crippen LogP contribution is 2.19. The first-order valence-corrected chi connectivity index (χ1v) is 7.54. The van der Waals surface area contributed by atoms with Crippen LogP contribution in [0.4, 0.5) is 8.78 Å². The molecule has 1 aromatic rings. The lowest BCUT2D eigenvalue weighted by Gasteiger charge is -2.21. The number of alkyl halides is 2. The first kappa shape index (κ1) is 22.8. The molecule has 0 unspecified atom stereocenters. The van der Waals surface area contributed by atoms with Crippen molar-refractivity contribution < 1.29 is 13.5 Å². The molecule has 0 aliphatic carbocycles. The Bertz CT molecular complexity index is 507. The summed E-state index contributed by atoms with van der Waals surface area (Å²) in [6.07, 6.45) is 0. The zero-order valence-corrected chi connectivity index (χ0v) is 16.9. The van der Waals surface area contributed by atoms with E-state index >= 15 is 0 Å². The molecule has 0 saturated carbocycles. The largest absolute Gasteiger partial charge is 0.434 e. The summed E-state index contributed by atoms with van der Waals surface area (Å²) in [7, 11) is 1.66.